The first-order valence-corrected chi connectivity index (χ1v) is 6.68. The van der Waals surface area contributed by atoms with E-state index in [1.807, 2.05) is 13.8 Å². The molecule has 2 atom stereocenters. The van der Waals surface area contributed by atoms with E-state index in [0.717, 1.165) is 32.2 Å². The van der Waals surface area contributed by atoms with Crippen molar-refractivity contribution < 1.29 is 14.3 Å². The minimum absolute atomic E-state index is 0.107. The number of esters is 1. The van der Waals surface area contributed by atoms with E-state index in [-0.39, 0.29) is 12.1 Å². The van der Waals surface area contributed by atoms with Crippen molar-refractivity contribution in [3.05, 3.63) is 0 Å². The van der Waals surface area contributed by atoms with Gasteiger partial charge in [-0.25, -0.2) is 0 Å². The molecular formula is C13H25NO3. The zero-order chi connectivity index (χ0) is 12.7. The van der Waals surface area contributed by atoms with Crippen LogP contribution in [-0.2, 0) is 14.3 Å². The van der Waals surface area contributed by atoms with E-state index < -0.39 is 5.54 Å². The summed E-state index contributed by atoms with van der Waals surface area (Å²) in [5.41, 5.74) is -0.435. The molecule has 0 bridgehead atoms. The number of rotatable bonds is 7. The highest BCUT2D eigenvalue weighted by Crippen LogP contribution is 2.26. The first-order chi connectivity index (χ1) is 8.14. The van der Waals surface area contributed by atoms with Gasteiger partial charge in [0.05, 0.1) is 6.61 Å². The highest BCUT2D eigenvalue weighted by atomic mass is 16.6. The van der Waals surface area contributed by atoms with Crippen molar-refractivity contribution in [2.45, 2.75) is 58.1 Å². The Labute approximate surface area is 104 Å². The van der Waals surface area contributed by atoms with Crippen LogP contribution in [0.15, 0.2) is 0 Å². The number of hydrogen-bond donors (Lipinski definition) is 1. The van der Waals surface area contributed by atoms with Gasteiger partial charge in [-0.15, -0.1) is 0 Å². The summed E-state index contributed by atoms with van der Waals surface area (Å²) in [6.07, 6.45) is 3.61. The van der Waals surface area contributed by atoms with E-state index in [4.69, 9.17) is 9.47 Å². The molecule has 0 aromatic heterocycles. The Hall–Kier alpha value is -0.610. The van der Waals surface area contributed by atoms with Gasteiger partial charge in [0, 0.05) is 6.61 Å². The van der Waals surface area contributed by atoms with Crippen molar-refractivity contribution in [3.8, 4) is 0 Å². The molecule has 1 rings (SSSR count). The van der Waals surface area contributed by atoms with Gasteiger partial charge in [-0.1, -0.05) is 13.3 Å². The van der Waals surface area contributed by atoms with Gasteiger partial charge in [-0.3, -0.25) is 4.79 Å². The fourth-order valence-corrected chi connectivity index (χ4v) is 2.34. The molecule has 1 aliphatic rings. The Morgan fingerprint density at radius 3 is 2.76 bits per heavy atom. The molecule has 1 fully saturated rings. The molecule has 2 unspecified atom stereocenters. The van der Waals surface area contributed by atoms with Crippen molar-refractivity contribution >= 4 is 5.97 Å². The van der Waals surface area contributed by atoms with E-state index in [1.54, 1.807) is 0 Å². The number of ether oxygens (including phenoxy) is 2. The van der Waals surface area contributed by atoms with Gasteiger partial charge < -0.3 is 14.8 Å². The minimum atomic E-state index is -0.435. The molecule has 0 spiro atoms. The van der Waals surface area contributed by atoms with Crippen molar-refractivity contribution in [1.82, 2.24) is 5.32 Å². The first-order valence-electron chi connectivity index (χ1n) is 6.68. The Bertz CT molecular complexity index is 237. The second-order valence-electron chi connectivity index (χ2n) is 4.74. The SMILES string of the molecule is CCCC1(C(=O)OC(C)COCC)CCCN1. The summed E-state index contributed by atoms with van der Waals surface area (Å²) >= 11 is 0. The number of carbonyl (C=O) groups excluding carboxylic acids is 1. The molecule has 0 amide bonds. The molecule has 1 aliphatic heterocycles. The average Bonchev–Trinajstić information content (AvgIpc) is 2.76. The van der Waals surface area contributed by atoms with Gasteiger partial charge >= 0.3 is 5.97 Å². The maximum atomic E-state index is 12.2. The molecule has 4 heteroatoms. The highest BCUT2D eigenvalue weighted by Gasteiger charge is 2.41. The standard InChI is InChI=1S/C13H25NO3/c1-4-7-13(8-6-9-14-13)12(15)17-11(3)10-16-5-2/h11,14H,4-10H2,1-3H3. The van der Waals surface area contributed by atoms with E-state index in [9.17, 15) is 4.79 Å². The summed E-state index contributed by atoms with van der Waals surface area (Å²) in [6, 6.07) is 0. The third-order valence-corrected chi connectivity index (χ3v) is 3.18. The van der Waals surface area contributed by atoms with Crippen molar-refractivity contribution in [2.75, 3.05) is 19.8 Å². The molecule has 0 aromatic carbocycles. The van der Waals surface area contributed by atoms with Crippen LogP contribution >= 0.6 is 0 Å². The molecule has 4 nitrogen and oxygen atoms in total. The third kappa shape index (κ3) is 3.96. The fraction of sp³-hybridized carbons (Fsp3) is 0.923. The van der Waals surface area contributed by atoms with E-state index in [1.165, 1.54) is 0 Å². The zero-order valence-corrected chi connectivity index (χ0v) is 11.3. The van der Waals surface area contributed by atoms with Crippen LogP contribution in [0.4, 0.5) is 0 Å². The number of carbonyl (C=O) groups is 1. The van der Waals surface area contributed by atoms with E-state index in [0.29, 0.717) is 13.2 Å². The summed E-state index contributed by atoms with van der Waals surface area (Å²) in [7, 11) is 0. The van der Waals surface area contributed by atoms with Crippen molar-refractivity contribution in [3.63, 3.8) is 0 Å². The maximum absolute atomic E-state index is 12.2. The lowest BCUT2D eigenvalue weighted by Gasteiger charge is -2.28. The normalized spacial score (nSPS) is 25.8. The molecule has 0 aliphatic carbocycles. The Balaban J connectivity index is 2.48. The molecule has 0 saturated carbocycles. The van der Waals surface area contributed by atoms with Crippen LogP contribution in [0.3, 0.4) is 0 Å². The van der Waals surface area contributed by atoms with Gasteiger partial charge in [-0.2, -0.15) is 0 Å². The van der Waals surface area contributed by atoms with Crippen molar-refractivity contribution in [1.29, 1.82) is 0 Å². The molecule has 1 saturated heterocycles. The Morgan fingerprint density at radius 1 is 1.47 bits per heavy atom. The fourth-order valence-electron chi connectivity index (χ4n) is 2.34. The summed E-state index contributed by atoms with van der Waals surface area (Å²) in [5, 5.41) is 3.32. The number of hydrogen-bond acceptors (Lipinski definition) is 4. The van der Waals surface area contributed by atoms with Crippen LogP contribution in [-0.4, -0.2) is 37.4 Å². The van der Waals surface area contributed by atoms with Gasteiger partial charge in [0.25, 0.3) is 0 Å². The van der Waals surface area contributed by atoms with Crippen LogP contribution in [0.1, 0.15) is 46.5 Å². The Kier molecular flexibility index (Phi) is 5.92. The smallest absolute Gasteiger partial charge is 0.326 e. The number of nitrogens with one attached hydrogen (secondary N) is 1. The van der Waals surface area contributed by atoms with E-state index in [2.05, 4.69) is 12.2 Å². The first kappa shape index (κ1) is 14.5. The predicted octanol–water partition coefficient (Wildman–Crippen LogP) is 1.88. The molecule has 0 radical (unpaired) electrons. The quantitative estimate of drug-likeness (QED) is 0.694. The second kappa shape index (κ2) is 6.97. The predicted molar refractivity (Wildman–Crippen MR) is 66.9 cm³/mol. The highest BCUT2D eigenvalue weighted by molar-refractivity contribution is 5.81. The van der Waals surface area contributed by atoms with E-state index >= 15 is 0 Å². The molecule has 100 valence electrons. The van der Waals surface area contributed by atoms with Crippen LogP contribution in [0.2, 0.25) is 0 Å². The third-order valence-electron chi connectivity index (χ3n) is 3.18. The minimum Gasteiger partial charge on any atom is -0.459 e. The summed E-state index contributed by atoms with van der Waals surface area (Å²) < 4.78 is 10.7. The van der Waals surface area contributed by atoms with Crippen molar-refractivity contribution in [2.24, 2.45) is 0 Å². The van der Waals surface area contributed by atoms with Crippen LogP contribution in [0.25, 0.3) is 0 Å². The summed E-state index contributed by atoms with van der Waals surface area (Å²) in [6.45, 7) is 7.95. The average molecular weight is 243 g/mol. The van der Waals surface area contributed by atoms with Crippen LogP contribution in [0.5, 0.6) is 0 Å². The van der Waals surface area contributed by atoms with Gasteiger partial charge in [0.1, 0.15) is 11.6 Å². The molecular weight excluding hydrogens is 218 g/mol. The zero-order valence-electron chi connectivity index (χ0n) is 11.3. The maximum Gasteiger partial charge on any atom is 0.326 e. The van der Waals surface area contributed by atoms with Gasteiger partial charge in [-0.05, 0) is 39.7 Å². The summed E-state index contributed by atoms with van der Waals surface area (Å²) in [4.78, 5) is 12.2. The monoisotopic (exact) mass is 243 g/mol. The van der Waals surface area contributed by atoms with Gasteiger partial charge in [0.2, 0.25) is 0 Å². The Morgan fingerprint density at radius 2 is 2.24 bits per heavy atom. The second-order valence-corrected chi connectivity index (χ2v) is 4.74. The van der Waals surface area contributed by atoms with Crippen LogP contribution < -0.4 is 5.32 Å². The van der Waals surface area contributed by atoms with Gasteiger partial charge in [0.15, 0.2) is 0 Å². The molecule has 1 heterocycles. The lowest BCUT2D eigenvalue weighted by molar-refractivity contribution is -0.159. The molecule has 0 aromatic rings. The topological polar surface area (TPSA) is 47.6 Å². The largest absolute Gasteiger partial charge is 0.459 e. The summed E-state index contributed by atoms with van der Waals surface area (Å²) in [5.74, 6) is -0.107. The van der Waals surface area contributed by atoms with Crippen LogP contribution in [0, 0.1) is 0 Å². The lowest BCUT2D eigenvalue weighted by Crippen LogP contribution is -2.49. The molecule has 1 N–H and O–H groups in total. The lowest BCUT2D eigenvalue weighted by atomic mass is 9.92. The molecule has 17 heavy (non-hydrogen) atoms.